The normalized spacial score (nSPS) is 17.0. The molecule has 3 rings (SSSR count). The van der Waals surface area contributed by atoms with Crippen LogP contribution in [-0.2, 0) is 6.54 Å². The van der Waals surface area contributed by atoms with Gasteiger partial charge < -0.3 is 4.74 Å². The van der Waals surface area contributed by atoms with Gasteiger partial charge in [-0.15, -0.1) is 0 Å². The van der Waals surface area contributed by atoms with E-state index in [1.165, 1.54) is 16.7 Å². The average Bonchev–Trinajstić information content (AvgIpc) is 2.65. The lowest BCUT2D eigenvalue weighted by atomic mass is 9.78. The lowest BCUT2D eigenvalue weighted by molar-refractivity contribution is 0.116. The number of benzene rings is 2. The highest BCUT2D eigenvalue weighted by molar-refractivity contribution is 5.65. The van der Waals surface area contributed by atoms with Crippen molar-refractivity contribution in [1.29, 1.82) is 5.26 Å². The lowest BCUT2D eigenvalue weighted by Gasteiger charge is -2.38. The first-order valence-corrected chi connectivity index (χ1v) is 8.95. The number of methoxy groups -OCH3 is 1. The standard InChI is InChI=1S/C22H26N2O/c1-22(10-13-23)11-14-24(15-12-22)17-18-6-8-19(9-7-18)20-4-3-5-21(16-20)25-2/h3-9,16H,10-12,14-15,17H2,1-2H3. The molecule has 0 spiro atoms. The molecular formula is C22H26N2O. The maximum atomic E-state index is 8.97. The molecule has 1 heterocycles. The minimum Gasteiger partial charge on any atom is -0.497 e. The number of hydrogen-bond acceptors (Lipinski definition) is 3. The summed E-state index contributed by atoms with van der Waals surface area (Å²) in [5.74, 6) is 0.885. The molecule has 2 aromatic rings. The third kappa shape index (κ3) is 4.41. The Hall–Kier alpha value is -2.31. The number of nitriles is 1. The number of nitrogens with zero attached hydrogens (tertiary/aromatic N) is 2. The fraction of sp³-hybridized carbons (Fsp3) is 0.409. The Bertz CT molecular complexity index is 737. The Morgan fingerprint density at radius 2 is 1.80 bits per heavy atom. The van der Waals surface area contributed by atoms with Crippen molar-refractivity contribution in [2.75, 3.05) is 20.2 Å². The van der Waals surface area contributed by atoms with Crippen molar-refractivity contribution in [2.24, 2.45) is 5.41 Å². The van der Waals surface area contributed by atoms with E-state index < -0.39 is 0 Å². The Morgan fingerprint density at radius 1 is 1.08 bits per heavy atom. The van der Waals surface area contributed by atoms with Crippen LogP contribution >= 0.6 is 0 Å². The third-order valence-electron chi connectivity index (χ3n) is 5.33. The predicted octanol–water partition coefficient (Wildman–Crippen LogP) is 4.88. The minimum atomic E-state index is 0.210. The predicted molar refractivity (Wildman–Crippen MR) is 101 cm³/mol. The Morgan fingerprint density at radius 3 is 2.44 bits per heavy atom. The smallest absolute Gasteiger partial charge is 0.119 e. The summed E-state index contributed by atoms with van der Waals surface area (Å²) in [5, 5.41) is 8.97. The van der Waals surface area contributed by atoms with Crippen molar-refractivity contribution in [2.45, 2.75) is 32.7 Å². The van der Waals surface area contributed by atoms with E-state index in [9.17, 15) is 0 Å². The molecular weight excluding hydrogens is 308 g/mol. The van der Waals surface area contributed by atoms with Gasteiger partial charge in [-0.2, -0.15) is 5.26 Å². The van der Waals surface area contributed by atoms with E-state index in [1.807, 2.05) is 12.1 Å². The van der Waals surface area contributed by atoms with Gasteiger partial charge in [-0.1, -0.05) is 43.3 Å². The lowest BCUT2D eigenvalue weighted by Crippen LogP contribution is -2.38. The molecule has 1 fully saturated rings. The van der Waals surface area contributed by atoms with Crippen molar-refractivity contribution in [3.63, 3.8) is 0 Å². The van der Waals surface area contributed by atoms with E-state index in [1.54, 1.807) is 7.11 Å². The molecule has 0 atom stereocenters. The van der Waals surface area contributed by atoms with Gasteiger partial charge in [0.1, 0.15) is 5.75 Å². The van der Waals surface area contributed by atoms with Crippen molar-refractivity contribution in [1.82, 2.24) is 4.90 Å². The van der Waals surface area contributed by atoms with E-state index in [2.05, 4.69) is 54.3 Å². The summed E-state index contributed by atoms with van der Waals surface area (Å²) in [7, 11) is 1.70. The monoisotopic (exact) mass is 334 g/mol. The fourth-order valence-electron chi connectivity index (χ4n) is 3.48. The SMILES string of the molecule is COc1cccc(-c2ccc(CN3CCC(C)(CC#N)CC3)cc2)c1. The van der Waals surface area contributed by atoms with Crippen LogP contribution in [0.1, 0.15) is 31.7 Å². The molecule has 3 heteroatoms. The molecule has 1 aliphatic heterocycles. The summed E-state index contributed by atoms with van der Waals surface area (Å²) < 4.78 is 5.31. The molecule has 3 nitrogen and oxygen atoms in total. The number of rotatable bonds is 5. The summed E-state index contributed by atoms with van der Waals surface area (Å²) >= 11 is 0. The van der Waals surface area contributed by atoms with Gasteiger partial charge in [0, 0.05) is 13.0 Å². The summed E-state index contributed by atoms with van der Waals surface area (Å²) in [5.41, 5.74) is 3.94. The summed E-state index contributed by atoms with van der Waals surface area (Å²) in [4.78, 5) is 2.50. The van der Waals surface area contributed by atoms with Crippen LogP contribution < -0.4 is 4.74 Å². The van der Waals surface area contributed by atoms with Crippen LogP contribution in [-0.4, -0.2) is 25.1 Å². The van der Waals surface area contributed by atoms with Gasteiger partial charge in [0.2, 0.25) is 0 Å². The maximum absolute atomic E-state index is 8.97. The van der Waals surface area contributed by atoms with E-state index in [0.29, 0.717) is 6.42 Å². The van der Waals surface area contributed by atoms with Crippen molar-refractivity contribution < 1.29 is 4.74 Å². The fourth-order valence-corrected chi connectivity index (χ4v) is 3.48. The van der Waals surface area contributed by atoms with Gasteiger partial charge in [-0.05, 0) is 60.2 Å². The van der Waals surface area contributed by atoms with Crippen LogP contribution in [0.15, 0.2) is 48.5 Å². The van der Waals surface area contributed by atoms with Crippen LogP contribution in [0.5, 0.6) is 5.75 Å². The summed E-state index contributed by atoms with van der Waals surface area (Å²) in [6, 6.07) is 19.3. The van der Waals surface area contributed by atoms with Crippen LogP contribution in [0.2, 0.25) is 0 Å². The first-order valence-electron chi connectivity index (χ1n) is 8.95. The summed E-state index contributed by atoms with van der Waals surface area (Å²) in [6.45, 7) is 5.39. The largest absolute Gasteiger partial charge is 0.497 e. The molecule has 0 saturated carbocycles. The molecule has 2 aromatic carbocycles. The summed E-state index contributed by atoms with van der Waals surface area (Å²) in [6.07, 6.45) is 2.90. The molecule has 0 amide bonds. The highest BCUT2D eigenvalue weighted by Crippen LogP contribution is 2.34. The number of hydrogen-bond donors (Lipinski definition) is 0. The van der Waals surface area contributed by atoms with Gasteiger partial charge in [0.15, 0.2) is 0 Å². The van der Waals surface area contributed by atoms with E-state index >= 15 is 0 Å². The van der Waals surface area contributed by atoms with Gasteiger partial charge >= 0.3 is 0 Å². The van der Waals surface area contributed by atoms with Crippen LogP contribution in [0.4, 0.5) is 0 Å². The van der Waals surface area contributed by atoms with E-state index in [4.69, 9.17) is 10.00 Å². The second kappa shape index (κ2) is 7.72. The first-order chi connectivity index (χ1) is 12.1. The molecule has 0 unspecified atom stereocenters. The maximum Gasteiger partial charge on any atom is 0.119 e. The molecule has 0 aliphatic carbocycles. The van der Waals surface area contributed by atoms with E-state index in [0.717, 1.165) is 38.2 Å². The molecule has 1 saturated heterocycles. The van der Waals surface area contributed by atoms with Crippen molar-refractivity contribution in [3.05, 3.63) is 54.1 Å². The molecule has 0 aromatic heterocycles. The van der Waals surface area contributed by atoms with Gasteiger partial charge in [0.05, 0.1) is 13.2 Å². The number of ether oxygens (including phenoxy) is 1. The zero-order valence-electron chi connectivity index (χ0n) is 15.2. The molecule has 1 aliphatic rings. The van der Waals surface area contributed by atoms with Crippen LogP contribution in [0.3, 0.4) is 0 Å². The second-order valence-corrected chi connectivity index (χ2v) is 7.35. The minimum absolute atomic E-state index is 0.210. The number of piperidine rings is 1. The number of likely N-dealkylation sites (tertiary alicyclic amines) is 1. The zero-order valence-corrected chi connectivity index (χ0v) is 15.2. The van der Waals surface area contributed by atoms with E-state index in [-0.39, 0.29) is 5.41 Å². The van der Waals surface area contributed by atoms with Crippen LogP contribution in [0, 0.1) is 16.7 Å². The molecule has 0 bridgehead atoms. The molecule has 0 radical (unpaired) electrons. The molecule has 25 heavy (non-hydrogen) atoms. The highest BCUT2D eigenvalue weighted by atomic mass is 16.5. The quantitative estimate of drug-likeness (QED) is 0.782. The van der Waals surface area contributed by atoms with Crippen LogP contribution in [0.25, 0.3) is 11.1 Å². The molecule has 130 valence electrons. The highest BCUT2D eigenvalue weighted by Gasteiger charge is 2.29. The Kier molecular flexibility index (Phi) is 5.40. The Balaban J connectivity index is 1.61. The zero-order chi connectivity index (χ0) is 17.7. The Labute approximate surface area is 150 Å². The van der Waals surface area contributed by atoms with Gasteiger partial charge in [0.25, 0.3) is 0 Å². The van der Waals surface area contributed by atoms with Crippen molar-refractivity contribution >= 4 is 0 Å². The average molecular weight is 334 g/mol. The van der Waals surface area contributed by atoms with Gasteiger partial charge in [-0.25, -0.2) is 0 Å². The topological polar surface area (TPSA) is 36.3 Å². The first kappa shape index (κ1) is 17.5. The third-order valence-corrected chi connectivity index (χ3v) is 5.33. The molecule has 0 N–H and O–H groups in total. The second-order valence-electron chi connectivity index (χ2n) is 7.35. The van der Waals surface area contributed by atoms with Crippen molar-refractivity contribution in [3.8, 4) is 22.9 Å². The van der Waals surface area contributed by atoms with Gasteiger partial charge in [-0.3, -0.25) is 4.90 Å².